The van der Waals surface area contributed by atoms with E-state index in [9.17, 15) is 18.0 Å². The van der Waals surface area contributed by atoms with E-state index in [0.717, 1.165) is 51.0 Å². The number of likely N-dealkylation sites (tertiary alicyclic amines) is 1. The minimum Gasteiger partial charge on any atom is -0.493 e. The van der Waals surface area contributed by atoms with Crippen LogP contribution >= 0.6 is 0 Å². The Morgan fingerprint density at radius 1 is 1.10 bits per heavy atom. The number of alkyl halides is 3. The van der Waals surface area contributed by atoms with Crippen molar-refractivity contribution in [2.24, 2.45) is 5.92 Å². The number of hydrogen-bond acceptors (Lipinski definition) is 4. The molecule has 0 unspecified atom stereocenters. The lowest BCUT2D eigenvalue weighted by atomic mass is 9.98. The fraction of sp³-hybridized carbons (Fsp3) is 0.391. The third-order valence-corrected chi connectivity index (χ3v) is 5.33. The molecule has 3 rings (SSSR count). The molecule has 1 heterocycles. The fourth-order valence-corrected chi connectivity index (χ4v) is 3.54. The van der Waals surface area contributed by atoms with Crippen LogP contribution < -0.4 is 4.74 Å². The van der Waals surface area contributed by atoms with Crippen LogP contribution in [0.3, 0.4) is 0 Å². The van der Waals surface area contributed by atoms with Gasteiger partial charge in [-0.3, -0.25) is 4.79 Å². The summed E-state index contributed by atoms with van der Waals surface area (Å²) >= 11 is 0. The van der Waals surface area contributed by atoms with Crippen LogP contribution in [-0.2, 0) is 6.18 Å². The Kier molecular flexibility index (Phi) is 7.11. The molecule has 7 heteroatoms. The van der Waals surface area contributed by atoms with Crippen molar-refractivity contribution in [3.63, 3.8) is 0 Å². The molecule has 0 N–H and O–H groups in total. The maximum absolute atomic E-state index is 12.8. The Morgan fingerprint density at radius 3 is 2.37 bits per heavy atom. The molecule has 1 fully saturated rings. The summed E-state index contributed by atoms with van der Waals surface area (Å²) in [6.07, 6.45) is -1.11. The van der Waals surface area contributed by atoms with Crippen molar-refractivity contribution < 1.29 is 22.7 Å². The van der Waals surface area contributed by atoms with E-state index in [1.54, 1.807) is 18.2 Å². The summed E-state index contributed by atoms with van der Waals surface area (Å²) in [6.45, 7) is 3.09. The molecule has 0 radical (unpaired) electrons. The largest absolute Gasteiger partial charge is 0.493 e. The molecule has 158 valence electrons. The topological polar surface area (TPSA) is 53.3 Å². The molecule has 1 saturated heterocycles. The van der Waals surface area contributed by atoms with Gasteiger partial charge < -0.3 is 9.64 Å². The molecule has 0 amide bonds. The van der Waals surface area contributed by atoms with Gasteiger partial charge in [-0.1, -0.05) is 18.2 Å². The number of carbonyl (C=O) groups is 1. The van der Waals surface area contributed by atoms with E-state index in [1.807, 2.05) is 0 Å². The van der Waals surface area contributed by atoms with Crippen LogP contribution in [0.1, 0.15) is 35.2 Å². The summed E-state index contributed by atoms with van der Waals surface area (Å²) < 4.78 is 44.1. The maximum Gasteiger partial charge on any atom is 0.416 e. The molecule has 0 saturated carbocycles. The molecule has 30 heavy (non-hydrogen) atoms. The zero-order chi connectivity index (χ0) is 21.6. The van der Waals surface area contributed by atoms with Gasteiger partial charge in [-0.05, 0) is 67.7 Å². The van der Waals surface area contributed by atoms with E-state index >= 15 is 0 Å². The standard InChI is InChI=1S/C23H23F3N2O2/c24-23(25,26)21-6-4-18(5-7-21)19-2-3-20(16-29)22(14-19)30-13-1-10-28-11-8-17(15-27)9-12-28/h2-7,14,16-17H,1,8-13H2. The number of nitriles is 1. The molecule has 1 aliphatic rings. The van der Waals surface area contributed by atoms with Gasteiger partial charge >= 0.3 is 6.18 Å². The minimum absolute atomic E-state index is 0.153. The number of nitrogens with zero attached hydrogens (tertiary/aromatic N) is 2. The number of aldehydes is 1. The van der Waals surface area contributed by atoms with E-state index in [-0.39, 0.29) is 5.92 Å². The van der Waals surface area contributed by atoms with Gasteiger partial charge in [0.2, 0.25) is 0 Å². The summed E-state index contributed by atoms with van der Waals surface area (Å²) in [4.78, 5) is 13.6. The minimum atomic E-state index is -4.38. The Morgan fingerprint density at radius 2 is 1.77 bits per heavy atom. The van der Waals surface area contributed by atoms with E-state index in [2.05, 4.69) is 11.0 Å². The summed E-state index contributed by atoms with van der Waals surface area (Å²) in [5.74, 6) is 0.575. The highest BCUT2D eigenvalue weighted by atomic mass is 19.4. The molecule has 0 aromatic heterocycles. The molecule has 2 aromatic rings. The van der Waals surface area contributed by atoms with Crippen molar-refractivity contribution in [1.29, 1.82) is 5.26 Å². The first-order valence-electron chi connectivity index (χ1n) is 9.92. The van der Waals surface area contributed by atoms with Gasteiger partial charge in [-0.25, -0.2) is 0 Å². The first-order chi connectivity index (χ1) is 14.4. The second-order valence-electron chi connectivity index (χ2n) is 7.39. The van der Waals surface area contributed by atoms with Crippen LogP contribution in [-0.4, -0.2) is 37.4 Å². The highest BCUT2D eigenvalue weighted by Crippen LogP contribution is 2.32. The molecule has 0 bridgehead atoms. The van der Waals surface area contributed by atoms with Crippen LogP contribution in [0.15, 0.2) is 42.5 Å². The number of hydrogen-bond donors (Lipinski definition) is 0. The van der Waals surface area contributed by atoms with Gasteiger partial charge in [0, 0.05) is 12.5 Å². The lowest BCUT2D eigenvalue weighted by Crippen LogP contribution is -2.34. The summed E-state index contributed by atoms with van der Waals surface area (Å²) in [5.41, 5.74) is 1.00. The second-order valence-corrected chi connectivity index (χ2v) is 7.39. The van der Waals surface area contributed by atoms with Gasteiger partial charge in [0.05, 0.1) is 23.8 Å². The smallest absolute Gasteiger partial charge is 0.416 e. The monoisotopic (exact) mass is 416 g/mol. The summed E-state index contributed by atoms with van der Waals surface area (Å²) in [5, 5.41) is 8.95. The number of ether oxygens (including phenoxy) is 1. The molecule has 4 nitrogen and oxygen atoms in total. The predicted octanol–water partition coefficient (Wildman–Crippen LogP) is 5.19. The zero-order valence-corrected chi connectivity index (χ0v) is 16.5. The summed E-state index contributed by atoms with van der Waals surface area (Å²) in [6, 6.07) is 12.2. The molecule has 1 aliphatic heterocycles. The molecule has 0 aliphatic carbocycles. The van der Waals surface area contributed by atoms with Crippen molar-refractivity contribution in [2.45, 2.75) is 25.4 Å². The van der Waals surface area contributed by atoms with Crippen LogP contribution in [0.25, 0.3) is 11.1 Å². The van der Waals surface area contributed by atoms with Crippen molar-refractivity contribution in [3.8, 4) is 22.9 Å². The molecule has 0 atom stereocenters. The average molecular weight is 416 g/mol. The van der Waals surface area contributed by atoms with E-state index in [0.29, 0.717) is 35.3 Å². The van der Waals surface area contributed by atoms with Crippen LogP contribution in [0.2, 0.25) is 0 Å². The van der Waals surface area contributed by atoms with Gasteiger partial charge in [-0.15, -0.1) is 0 Å². The van der Waals surface area contributed by atoms with Crippen molar-refractivity contribution in [1.82, 2.24) is 4.90 Å². The lowest BCUT2D eigenvalue weighted by molar-refractivity contribution is -0.137. The quantitative estimate of drug-likeness (QED) is 0.461. The van der Waals surface area contributed by atoms with E-state index in [1.165, 1.54) is 12.1 Å². The number of rotatable bonds is 7. The second kappa shape index (κ2) is 9.77. The third-order valence-electron chi connectivity index (χ3n) is 5.33. The predicted molar refractivity (Wildman–Crippen MR) is 107 cm³/mol. The highest BCUT2D eigenvalue weighted by Gasteiger charge is 2.30. The van der Waals surface area contributed by atoms with Crippen molar-refractivity contribution in [3.05, 3.63) is 53.6 Å². The molecule has 2 aromatic carbocycles. The van der Waals surface area contributed by atoms with Crippen LogP contribution in [0.5, 0.6) is 5.75 Å². The molecular weight excluding hydrogens is 393 g/mol. The maximum atomic E-state index is 12.8. The number of benzene rings is 2. The first kappa shape index (κ1) is 21.8. The number of carbonyl (C=O) groups excluding carboxylic acids is 1. The SMILES string of the molecule is N#CC1CCN(CCCOc2cc(-c3ccc(C(F)(F)F)cc3)ccc2C=O)CC1. The van der Waals surface area contributed by atoms with Gasteiger partial charge in [0.15, 0.2) is 6.29 Å². The fourth-order valence-electron chi connectivity index (χ4n) is 3.54. The normalized spacial score (nSPS) is 15.5. The lowest BCUT2D eigenvalue weighted by Gasteiger charge is -2.28. The summed E-state index contributed by atoms with van der Waals surface area (Å²) in [7, 11) is 0. The number of piperidine rings is 1. The Labute approximate surface area is 173 Å². The number of halogens is 3. The molecular formula is C23H23F3N2O2. The third kappa shape index (κ3) is 5.61. The van der Waals surface area contributed by atoms with Gasteiger partial charge in [0.1, 0.15) is 5.75 Å². The molecule has 0 spiro atoms. The van der Waals surface area contributed by atoms with Crippen LogP contribution in [0.4, 0.5) is 13.2 Å². The Bertz CT molecular complexity index is 896. The van der Waals surface area contributed by atoms with Gasteiger partial charge in [0.25, 0.3) is 0 Å². The van der Waals surface area contributed by atoms with Crippen molar-refractivity contribution in [2.75, 3.05) is 26.2 Å². The highest BCUT2D eigenvalue weighted by molar-refractivity contribution is 5.81. The van der Waals surface area contributed by atoms with Crippen LogP contribution in [0, 0.1) is 17.2 Å². The average Bonchev–Trinajstić information content (AvgIpc) is 2.76. The first-order valence-corrected chi connectivity index (χ1v) is 9.92. The van der Waals surface area contributed by atoms with Crippen molar-refractivity contribution >= 4 is 6.29 Å². The Balaban J connectivity index is 1.59. The Hall–Kier alpha value is -2.85. The van der Waals surface area contributed by atoms with Gasteiger partial charge in [-0.2, -0.15) is 18.4 Å². The van der Waals surface area contributed by atoms with E-state index < -0.39 is 11.7 Å². The van der Waals surface area contributed by atoms with E-state index in [4.69, 9.17) is 10.00 Å². The zero-order valence-electron chi connectivity index (χ0n) is 16.5.